The molecule has 1 fully saturated rings. The lowest BCUT2D eigenvalue weighted by molar-refractivity contribution is -0.0867. The molecule has 1 aliphatic carbocycles. The third-order valence-corrected chi connectivity index (χ3v) is 3.66. The third-order valence-electron chi connectivity index (χ3n) is 3.66. The van der Waals surface area contributed by atoms with Crippen LogP contribution < -0.4 is 0 Å². The second kappa shape index (κ2) is 5.15. The fraction of sp³-hybridized carbons (Fsp3) is 0.571. The first-order valence-electron chi connectivity index (χ1n) is 6.28. The predicted molar refractivity (Wildman–Crippen MR) is 64.0 cm³/mol. The van der Waals surface area contributed by atoms with Crippen LogP contribution in [0, 0.1) is 5.82 Å². The molecule has 2 N–H and O–H groups in total. The van der Waals surface area contributed by atoms with Crippen molar-refractivity contribution in [1.82, 2.24) is 0 Å². The summed E-state index contributed by atoms with van der Waals surface area (Å²) in [6.07, 6.45) is 4.42. The first kappa shape index (κ1) is 12.5. The fourth-order valence-corrected chi connectivity index (χ4v) is 2.57. The molecule has 3 heteroatoms. The van der Waals surface area contributed by atoms with Crippen molar-refractivity contribution in [3.8, 4) is 0 Å². The Labute approximate surface area is 101 Å². The Morgan fingerprint density at radius 3 is 2.06 bits per heavy atom. The maximum absolute atomic E-state index is 12.8. The Morgan fingerprint density at radius 2 is 1.53 bits per heavy atom. The van der Waals surface area contributed by atoms with Gasteiger partial charge in [-0.15, -0.1) is 0 Å². The number of hydrogen-bond acceptors (Lipinski definition) is 2. The summed E-state index contributed by atoms with van der Waals surface area (Å²) in [7, 11) is 0. The predicted octanol–water partition coefficient (Wildman–Crippen LogP) is 2.94. The molecule has 0 saturated heterocycles. The molecule has 0 heterocycles. The Balaban J connectivity index is 2.16. The zero-order valence-corrected chi connectivity index (χ0v) is 9.90. The van der Waals surface area contributed by atoms with E-state index >= 15 is 0 Å². The lowest BCUT2D eigenvalue weighted by Gasteiger charge is -2.32. The van der Waals surface area contributed by atoms with Crippen LogP contribution in [0.25, 0.3) is 0 Å². The van der Waals surface area contributed by atoms with Gasteiger partial charge in [-0.1, -0.05) is 37.8 Å². The Morgan fingerprint density at radius 1 is 1.00 bits per heavy atom. The van der Waals surface area contributed by atoms with E-state index in [1.165, 1.54) is 12.1 Å². The van der Waals surface area contributed by atoms with Crippen LogP contribution in [0.3, 0.4) is 0 Å². The van der Waals surface area contributed by atoms with Gasteiger partial charge in [0.05, 0.1) is 5.60 Å². The topological polar surface area (TPSA) is 40.5 Å². The number of halogens is 1. The van der Waals surface area contributed by atoms with Crippen LogP contribution in [0.15, 0.2) is 24.3 Å². The molecule has 0 amide bonds. The van der Waals surface area contributed by atoms with Crippen molar-refractivity contribution < 1.29 is 14.6 Å². The summed E-state index contributed by atoms with van der Waals surface area (Å²) in [5.74, 6) is -0.325. The van der Waals surface area contributed by atoms with Gasteiger partial charge in [0.25, 0.3) is 0 Å². The maximum atomic E-state index is 12.8. The Hall–Kier alpha value is -0.930. The van der Waals surface area contributed by atoms with Crippen molar-refractivity contribution in [3.63, 3.8) is 0 Å². The molecule has 0 bridgehead atoms. The molecule has 1 saturated carbocycles. The van der Waals surface area contributed by atoms with Gasteiger partial charge in [-0.2, -0.15) is 0 Å². The zero-order chi connectivity index (χ0) is 12.3. The molecule has 0 spiro atoms. The van der Waals surface area contributed by atoms with Gasteiger partial charge < -0.3 is 10.2 Å². The Kier molecular flexibility index (Phi) is 3.79. The highest BCUT2D eigenvalue weighted by Gasteiger charge is 2.36. The molecule has 17 heavy (non-hydrogen) atoms. The molecule has 0 aliphatic heterocycles. The SMILES string of the molecule is OC(c1ccc(F)cc1)C1(O)CCCCCC1. The average Bonchev–Trinajstić information content (AvgIpc) is 2.55. The van der Waals surface area contributed by atoms with E-state index in [0.717, 1.165) is 25.7 Å². The van der Waals surface area contributed by atoms with E-state index < -0.39 is 11.7 Å². The van der Waals surface area contributed by atoms with Gasteiger partial charge in [-0.25, -0.2) is 4.39 Å². The van der Waals surface area contributed by atoms with Crippen LogP contribution in [-0.2, 0) is 0 Å². The number of hydrogen-bond donors (Lipinski definition) is 2. The van der Waals surface area contributed by atoms with E-state index in [1.54, 1.807) is 12.1 Å². The maximum Gasteiger partial charge on any atom is 0.123 e. The van der Waals surface area contributed by atoms with Crippen molar-refractivity contribution in [2.45, 2.75) is 50.2 Å². The summed E-state index contributed by atoms with van der Waals surface area (Å²) in [4.78, 5) is 0. The summed E-state index contributed by atoms with van der Waals surface area (Å²) in [5, 5.41) is 20.7. The first-order valence-corrected chi connectivity index (χ1v) is 6.28. The van der Waals surface area contributed by atoms with Gasteiger partial charge >= 0.3 is 0 Å². The highest BCUT2D eigenvalue weighted by atomic mass is 19.1. The normalized spacial score (nSPS) is 21.8. The fourth-order valence-electron chi connectivity index (χ4n) is 2.57. The molecule has 94 valence electrons. The van der Waals surface area contributed by atoms with Crippen LogP contribution in [0.5, 0.6) is 0 Å². The summed E-state index contributed by atoms with van der Waals surface area (Å²) in [5.41, 5.74) is -0.454. The van der Waals surface area contributed by atoms with Crippen LogP contribution in [-0.4, -0.2) is 15.8 Å². The lowest BCUT2D eigenvalue weighted by Crippen LogP contribution is -2.35. The Bertz CT molecular complexity index is 353. The minimum absolute atomic E-state index is 0.325. The summed E-state index contributed by atoms with van der Waals surface area (Å²) < 4.78 is 12.8. The van der Waals surface area contributed by atoms with E-state index in [1.807, 2.05) is 0 Å². The molecule has 1 atom stereocenters. The highest BCUT2D eigenvalue weighted by Crippen LogP contribution is 2.37. The van der Waals surface area contributed by atoms with Crippen LogP contribution in [0.2, 0.25) is 0 Å². The third kappa shape index (κ3) is 2.85. The van der Waals surface area contributed by atoms with E-state index in [9.17, 15) is 14.6 Å². The molecule has 0 radical (unpaired) electrons. The first-order chi connectivity index (χ1) is 8.12. The standard InChI is InChI=1S/C14H19FO2/c15-12-7-5-11(6-8-12)13(16)14(17)9-3-1-2-4-10-14/h5-8,13,16-17H,1-4,9-10H2. The van der Waals surface area contributed by atoms with Crippen molar-refractivity contribution in [2.75, 3.05) is 0 Å². The molecule has 0 aromatic heterocycles. The monoisotopic (exact) mass is 238 g/mol. The van der Waals surface area contributed by atoms with Gasteiger partial charge in [-0.3, -0.25) is 0 Å². The molecule has 2 rings (SSSR count). The van der Waals surface area contributed by atoms with E-state index in [4.69, 9.17) is 0 Å². The summed E-state index contributed by atoms with van der Waals surface area (Å²) >= 11 is 0. The second-order valence-corrected chi connectivity index (χ2v) is 4.97. The minimum Gasteiger partial charge on any atom is -0.387 e. The van der Waals surface area contributed by atoms with Gasteiger partial charge in [0.15, 0.2) is 0 Å². The van der Waals surface area contributed by atoms with Gasteiger partial charge in [-0.05, 0) is 30.5 Å². The highest BCUT2D eigenvalue weighted by molar-refractivity contribution is 5.21. The number of aliphatic hydroxyl groups excluding tert-OH is 1. The molecular formula is C14H19FO2. The van der Waals surface area contributed by atoms with E-state index in [2.05, 4.69) is 0 Å². The molecular weight excluding hydrogens is 219 g/mol. The van der Waals surface area contributed by atoms with Crippen molar-refractivity contribution in [3.05, 3.63) is 35.6 Å². The number of rotatable bonds is 2. The quantitative estimate of drug-likeness (QED) is 0.778. The average molecular weight is 238 g/mol. The summed E-state index contributed by atoms with van der Waals surface area (Å²) in [6.45, 7) is 0. The molecule has 1 aromatic carbocycles. The van der Waals surface area contributed by atoms with Crippen molar-refractivity contribution >= 4 is 0 Å². The largest absolute Gasteiger partial charge is 0.387 e. The van der Waals surface area contributed by atoms with E-state index in [-0.39, 0.29) is 5.82 Å². The van der Waals surface area contributed by atoms with Gasteiger partial charge in [0.1, 0.15) is 11.9 Å². The molecule has 1 aromatic rings. The van der Waals surface area contributed by atoms with E-state index in [0.29, 0.717) is 18.4 Å². The van der Waals surface area contributed by atoms with Gasteiger partial charge in [0.2, 0.25) is 0 Å². The molecule has 1 aliphatic rings. The smallest absolute Gasteiger partial charge is 0.123 e. The van der Waals surface area contributed by atoms with Crippen LogP contribution in [0.1, 0.15) is 50.2 Å². The van der Waals surface area contributed by atoms with Crippen LogP contribution in [0.4, 0.5) is 4.39 Å². The number of benzene rings is 1. The zero-order valence-electron chi connectivity index (χ0n) is 9.90. The minimum atomic E-state index is -1.05. The van der Waals surface area contributed by atoms with Gasteiger partial charge in [0, 0.05) is 0 Å². The van der Waals surface area contributed by atoms with Crippen LogP contribution >= 0.6 is 0 Å². The number of aliphatic hydroxyl groups is 2. The van der Waals surface area contributed by atoms with Crippen molar-refractivity contribution in [2.24, 2.45) is 0 Å². The molecule has 2 nitrogen and oxygen atoms in total. The second-order valence-electron chi connectivity index (χ2n) is 4.97. The lowest BCUT2D eigenvalue weighted by atomic mass is 9.84. The van der Waals surface area contributed by atoms with Crippen molar-refractivity contribution in [1.29, 1.82) is 0 Å². The molecule has 1 unspecified atom stereocenters. The summed E-state index contributed by atoms with van der Waals surface area (Å²) in [6, 6.07) is 5.73.